The van der Waals surface area contributed by atoms with Crippen molar-refractivity contribution in [1.82, 2.24) is 4.90 Å². The molecule has 2 fully saturated rings. The number of likely N-dealkylation sites (N-methyl/N-ethyl adjacent to an activating group) is 1. The van der Waals surface area contributed by atoms with Crippen LogP contribution in [0.4, 0.5) is 0 Å². The van der Waals surface area contributed by atoms with Gasteiger partial charge in [-0.1, -0.05) is 31.6 Å². The van der Waals surface area contributed by atoms with Gasteiger partial charge in [0, 0.05) is 6.54 Å². The number of nitrogens with zero attached hydrogens (tertiary/aromatic N) is 1. The third-order valence-corrected chi connectivity index (χ3v) is 8.41. The maximum atomic E-state index is 9.95. The third kappa shape index (κ3) is 4.72. The van der Waals surface area contributed by atoms with Crippen LogP contribution in [0.1, 0.15) is 56.6 Å². The molecule has 4 unspecified atom stereocenters. The first-order valence-electron chi connectivity index (χ1n) is 12.2. The van der Waals surface area contributed by atoms with Crippen molar-refractivity contribution in [1.29, 1.82) is 0 Å². The second kappa shape index (κ2) is 9.64. The number of hydrogen-bond acceptors (Lipinski definition) is 4. The van der Waals surface area contributed by atoms with Gasteiger partial charge < -0.3 is 19.5 Å². The lowest BCUT2D eigenvalue weighted by Crippen LogP contribution is -2.43. The van der Waals surface area contributed by atoms with E-state index in [9.17, 15) is 5.11 Å². The molecule has 172 valence electrons. The Hall–Kier alpha value is -1.36. The molecule has 0 heterocycles. The predicted molar refractivity (Wildman–Crippen MR) is 126 cm³/mol. The summed E-state index contributed by atoms with van der Waals surface area (Å²) in [4.78, 5) is 2.13. The predicted octanol–water partition coefficient (Wildman–Crippen LogP) is 5.02. The summed E-state index contributed by atoms with van der Waals surface area (Å²) in [6.45, 7) is 8.74. The molecule has 4 nitrogen and oxygen atoms in total. The van der Waals surface area contributed by atoms with Gasteiger partial charge in [0.05, 0.1) is 26.4 Å². The second-order valence-corrected chi connectivity index (χ2v) is 10.6. The molecule has 5 atom stereocenters. The number of allylic oxidation sites excluding steroid dienone is 1. The average Bonchev–Trinajstić information content (AvgIpc) is 3.05. The topological polar surface area (TPSA) is 41.9 Å². The summed E-state index contributed by atoms with van der Waals surface area (Å²) in [7, 11) is 4.12. The van der Waals surface area contributed by atoms with Crippen LogP contribution in [0.25, 0.3) is 0 Å². The zero-order valence-corrected chi connectivity index (χ0v) is 19.9. The number of hydrogen-bond donors (Lipinski definition) is 1. The molecule has 3 aliphatic carbocycles. The number of aromatic hydroxyl groups is 1. The molecule has 2 saturated carbocycles. The van der Waals surface area contributed by atoms with Crippen molar-refractivity contribution in [2.75, 3.05) is 47.1 Å². The summed E-state index contributed by atoms with van der Waals surface area (Å²) in [5, 5.41) is 9.95. The Balaban J connectivity index is 1.36. The van der Waals surface area contributed by atoms with Crippen LogP contribution in [-0.2, 0) is 15.9 Å². The van der Waals surface area contributed by atoms with Crippen LogP contribution in [0.5, 0.6) is 5.75 Å². The fourth-order valence-electron chi connectivity index (χ4n) is 6.86. The first-order valence-corrected chi connectivity index (χ1v) is 12.2. The molecule has 0 spiro atoms. The molecular formula is C27H41NO3. The van der Waals surface area contributed by atoms with E-state index < -0.39 is 0 Å². The van der Waals surface area contributed by atoms with Gasteiger partial charge in [0.25, 0.3) is 0 Å². The van der Waals surface area contributed by atoms with Gasteiger partial charge in [-0.05, 0) is 98.5 Å². The van der Waals surface area contributed by atoms with Gasteiger partial charge in [-0.2, -0.15) is 0 Å². The molecule has 1 aromatic carbocycles. The van der Waals surface area contributed by atoms with E-state index in [-0.39, 0.29) is 0 Å². The van der Waals surface area contributed by atoms with Gasteiger partial charge in [-0.3, -0.25) is 0 Å². The highest BCUT2D eigenvalue weighted by Crippen LogP contribution is 2.63. The number of phenols is 1. The molecule has 1 N–H and O–H groups in total. The van der Waals surface area contributed by atoms with Crippen molar-refractivity contribution >= 4 is 0 Å². The Morgan fingerprint density at radius 2 is 1.97 bits per heavy atom. The molecule has 0 bridgehead atoms. The Morgan fingerprint density at radius 3 is 2.77 bits per heavy atom. The molecule has 0 aromatic heterocycles. The fourth-order valence-corrected chi connectivity index (χ4v) is 6.86. The highest BCUT2D eigenvalue weighted by Gasteiger charge is 2.54. The Labute approximate surface area is 188 Å². The van der Waals surface area contributed by atoms with E-state index in [4.69, 9.17) is 9.47 Å². The van der Waals surface area contributed by atoms with Crippen LogP contribution in [0.15, 0.2) is 29.8 Å². The van der Waals surface area contributed by atoms with E-state index in [2.05, 4.69) is 45.0 Å². The Bertz CT molecular complexity index is 789. The molecule has 3 aliphatic rings. The first kappa shape index (κ1) is 22.8. The van der Waals surface area contributed by atoms with Gasteiger partial charge in [-0.15, -0.1) is 0 Å². The fraction of sp³-hybridized carbons (Fsp3) is 0.704. The summed E-state index contributed by atoms with van der Waals surface area (Å²) in [5.41, 5.74) is 4.86. The maximum Gasteiger partial charge on any atom is 0.115 e. The SMILES string of the molecule is C[C@@H]1Cc2cc(O)ccc2C2CCC3(C)C(=CCOCCOCCN(C)C)CCC3C21. The maximum absolute atomic E-state index is 9.95. The lowest BCUT2D eigenvalue weighted by atomic mass is 9.52. The number of ether oxygens (including phenoxy) is 2. The van der Waals surface area contributed by atoms with Crippen LogP contribution in [-0.4, -0.2) is 57.1 Å². The zero-order valence-electron chi connectivity index (χ0n) is 19.9. The minimum absolute atomic E-state index is 0.329. The molecule has 0 aliphatic heterocycles. The van der Waals surface area contributed by atoms with Gasteiger partial charge >= 0.3 is 0 Å². The highest BCUT2D eigenvalue weighted by atomic mass is 16.5. The minimum Gasteiger partial charge on any atom is -0.508 e. The van der Waals surface area contributed by atoms with Crippen LogP contribution < -0.4 is 0 Å². The summed E-state index contributed by atoms with van der Waals surface area (Å²) in [6.07, 6.45) is 8.56. The van der Waals surface area contributed by atoms with E-state index in [0.29, 0.717) is 42.8 Å². The highest BCUT2D eigenvalue weighted by molar-refractivity contribution is 5.41. The molecule has 1 aromatic rings. The molecule has 31 heavy (non-hydrogen) atoms. The monoisotopic (exact) mass is 427 g/mol. The van der Waals surface area contributed by atoms with Crippen molar-refractivity contribution in [3.63, 3.8) is 0 Å². The number of rotatable bonds is 8. The van der Waals surface area contributed by atoms with Crippen LogP contribution in [0.3, 0.4) is 0 Å². The van der Waals surface area contributed by atoms with E-state index in [1.807, 2.05) is 12.1 Å². The van der Waals surface area contributed by atoms with E-state index in [1.54, 1.807) is 5.57 Å². The smallest absolute Gasteiger partial charge is 0.115 e. The van der Waals surface area contributed by atoms with Crippen molar-refractivity contribution in [2.24, 2.45) is 23.2 Å². The third-order valence-electron chi connectivity index (χ3n) is 8.41. The molecule has 0 saturated heterocycles. The summed E-state index contributed by atoms with van der Waals surface area (Å²) in [5.74, 6) is 3.28. The van der Waals surface area contributed by atoms with Crippen molar-refractivity contribution < 1.29 is 14.6 Å². The Kier molecular flexibility index (Phi) is 7.10. The van der Waals surface area contributed by atoms with Crippen molar-refractivity contribution in [3.05, 3.63) is 41.0 Å². The summed E-state index contributed by atoms with van der Waals surface area (Å²) >= 11 is 0. The quantitative estimate of drug-likeness (QED) is 0.467. The standard InChI is InChI=1S/C27H41NO3/c1-19-17-20-18-22(29)6-7-23(20)24-9-11-27(2)21(5-8-25(27)26(19)24)10-13-30-15-16-31-14-12-28(3)4/h6-7,10,18-19,24-26,29H,5,8-9,11-17H2,1-4H3/t19-,24?,25?,26?,27?/m1/s1. The molecular weight excluding hydrogens is 386 g/mol. The van der Waals surface area contributed by atoms with E-state index in [1.165, 1.54) is 36.8 Å². The Morgan fingerprint density at radius 1 is 1.16 bits per heavy atom. The molecule has 0 radical (unpaired) electrons. The van der Waals surface area contributed by atoms with Gasteiger partial charge in [0.15, 0.2) is 0 Å². The zero-order chi connectivity index (χ0) is 22.0. The van der Waals surface area contributed by atoms with Crippen LogP contribution >= 0.6 is 0 Å². The van der Waals surface area contributed by atoms with Crippen LogP contribution in [0, 0.1) is 23.2 Å². The number of fused-ring (bicyclic) bond motifs is 5. The lowest BCUT2D eigenvalue weighted by molar-refractivity contribution is 0.0453. The molecule has 0 amide bonds. The minimum atomic E-state index is 0.329. The van der Waals surface area contributed by atoms with Crippen molar-refractivity contribution in [3.8, 4) is 5.75 Å². The largest absolute Gasteiger partial charge is 0.508 e. The number of phenolic OH excluding ortho intramolecular Hbond substituents is 1. The van der Waals surface area contributed by atoms with Gasteiger partial charge in [-0.25, -0.2) is 0 Å². The molecule has 4 heteroatoms. The van der Waals surface area contributed by atoms with E-state index in [0.717, 1.165) is 31.4 Å². The van der Waals surface area contributed by atoms with E-state index >= 15 is 0 Å². The lowest BCUT2D eigenvalue weighted by Gasteiger charge is -2.52. The number of benzene rings is 1. The first-order chi connectivity index (χ1) is 14.9. The summed E-state index contributed by atoms with van der Waals surface area (Å²) in [6, 6.07) is 6.11. The second-order valence-electron chi connectivity index (χ2n) is 10.6. The van der Waals surface area contributed by atoms with Crippen LogP contribution in [0.2, 0.25) is 0 Å². The van der Waals surface area contributed by atoms with Crippen molar-refractivity contribution in [2.45, 2.75) is 51.9 Å². The normalized spacial score (nSPS) is 33.4. The molecule has 4 rings (SSSR count). The average molecular weight is 428 g/mol. The van der Waals surface area contributed by atoms with Gasteiger partial charge in [0.2, 0.25) is 0 Å². The van der Waals surface area contributed by atoms with Gasteiger partial charge in [0.1, 0.15) is 5.75 Å². The summed E-state index contributed by atoms with van der Waals surface area (Å²) < 4.78 is 11.5.